The number of nitrogens with zero attached hydrogens (tertiary/aromatic N) is 4. The van der Waals surface area contributed by atoms with Gasteiger partial charge in [0.05, 0.1) is 27.8 Å². The van der Waals surface area contributed by atoms with Crippen molar-refractivity contribution in [2.75, 3.05) is 0 Å². The normalized spacial score (nSPS) is 14.2. The summed E-state index contributed by atoms with van der Waals surface area (Å²) in [6.45, 7) is 0. The predicted molar refractivity (Wildman–Crippen MR) is 302 cm³/mol. The lowest BCUT2D eigenvalue weighted by molar-refractivity contribution is 0.666. The van der Waals surface area contributed by atoms with Crippen LogP contribution in [0.2, 0.25) is 0 Å². The average Bonchev–Trinajstić information content (AvgIpc) is 4.20. The molecule has 0 bridgehead atoms. The Balaban J connectivity index is 0.971. The third-order valence-corrected chi connectivity index (χ3v) is 16.0. The Morgan fingerprint density at radius 1 is 0.431 bits per heavy atom. The predicted octanol–water partition coefficient (Wildman–Crippen LogP) is 16.9. The molecule has 0 aliphatic carbocycles. The van der Waals surface area contributed by atoms with Crippen LogP contribution in [0.15, 0.2) is 239 Å². The highest BCUT2D eigenvalue weighted by Crippen LogP contribution is 2.43. The molecular weight excluding hydrogens is 899 g/mol. The third kappa shape index (κ3) is 5.83. The number of aliphatic imine (C=N–C) groups is 2. The van der Waals surface area contributed by atoms with Crippen molar-refractivity contribution in [1.29, 1.82) is 0 Å². The van der Waals surface area contributed by atoms with Crippen molar-refractivity contribution in [3.05, 3.63) is 241 Å². The van der Waals surface area contributed by atoms with E-state index in [0.717, 1.165) is 88.7 Å². The van der Waals surface area contributed by atoms with Gasteiger partial charge in [-0.1, -0.05) is 146 Å². The molecule has 1 atom stereocenters. The second-order valence-electron chi connectivity index (χ2n) is 18.9. The quantitative estimate of drug-likeness (QED) is 0.187. The van der Waals surface area contributed by atoms with Gasteiger partial charge in [0.2, 0.25) is 0 Å². The Morgan fingerprint density at radius 2 is 1.10 bits per heavy atom. The van der Waals surface area contributed by atoms with Crippen LogP contribution in [0.5, 0.6) is 0 Å². The summed E-state index contributed by atoms with van der Waals surface area (Å²) in [5.74, 6) is 1.41. The minimum atomic E-state index is -0.463. The van der Waals surface area contributed by atoms with Crippen LogP contribution in [0.1, 0.15) is 22.9 Å². The van der Waals surface area contributed by atoms with Crippen LogP contribution in [0.3, 0.4) is 0 Å². The summed E-state index contributed by atoms with van der Waals surface area (Å²) in [6, 6.07) is 80.9. The summed E-state index contributed by atoms with van der Waals surface area (Å²) in [5.41, 5.74) is 11.2. The van der Waals surface area contributed by atoms with Gasteiger partial charge in [-0.2, -0.15) is 0 Å². The van der Waals surface area contributed by atoms with Crippen molar-refractivity contribution in [2.45, 2.75) is 6.17 Å². The number of rotatable bonds is 5. The second-order valence-corrected chi connectivity index (χ2v) is 20.0. The first-order valence-corrected chi connectivity index (χ1v) is 25.2. The van der Waals surface area contributed by atoms with E-state index in [0.29, 0.717) is 5.84 Å². The maximum absolute atomic E-state index is 7.09. The van der Waals surface area contributed by atoms with Gasteiger partial charge in [0, 0.05) is 69.3 Å². The number of furan rings is 1. The maximum atomic E-state index is 7.09. The molecule has 1 aliphatic rings. The van der Waals surface area contributed by atoms with E-state index in [9.17, 15) is 0 Å². The van der Waals surface area contributed by atoms with E-state index in [1.54, 1.807) is 0 Å². The van der Waals surface area contributed by atoms with E-state index >= 15 is 0 Å². The van der Waals surface area contributed by atoms with E-state index in [2.05, 4.69) is 239 Å². The molecule has 16 rings (SSSR count). The van der Waals surface area contributed by atoms with Crippen LogP contribution in [-0.4, -0.2) is 20.8 Å². The fourth-order valence-corrected chi connectivity index (χ4v) is 12.8. The molecule has 4 aromatic heterocycles. The van der Waals surface area contributed by atoms with E-state index in [1.807, 2.05) is 11.3 Å². The summed E-state index contributed by atoms with van der Waals surface area (Å²) in [6.07, 6.45) is -0.463. The number of hydrogen-bond donors (Lipinski definition) is 1. The number of nitrogens with one attached hydrogen (secondary N) is 1. The number of fused-ring (bicyclic) bond motifs is 15. The molecular formula is C65H39N5OS. The van der Waals surface area contributed by atoms with Gasteiger partial charge in [0.25, 0.3) is 0 Å². The number of thiophene rings is 1. The lowest BCUT2D eigenvalue weighted by atomic mass is 10.0. The van der Waals surface area contributed by atoms with Gasteiger partial charge in [-0.05, 0) is 106 Å². The maximum Gasteiger partial charge on any atom is 0.159 e. The Bertz CT molecular complexity index is 4860. The highest BCUT2D eigenvalue weighted by molar-refractivity contribution is 7.25. The highest BCUT2D eigenvalue weighted by atomic mass is 32.1. The molecule has 72 heavy (non-hydrogen) atoms. The molecule has 15 aromatic rings. The Hall–Kier alpha value is -9.30. The van der Waals surface area contributed by atoms with Crippen molar-refractivity contribution in [1.82, 2.24) is 14.5 Å². The Kier molecular flexibility index (Phi) is 8.29. The van der Waals surface area contributed by atoms with Gasteiger partial charge in [0.1, 0.15) is 17.6 Å². The van der Waals surface area contributed by atoms with Gasteiger partial charge in [-0.25, -0.2) is 9.98 Å². The summed E-state index contributed by atoms with van der Waals surface area (Å²) < 4.78 is 14.3. The standard InChI is InChI=1S/C65H39N5OS/c1-2-17-44(18-3-1)69-53-23-11-8-20-46(53)50-33-41(27-30-55(50)69)63-66-64(42-26-29-49-48-22-10-13-25-59(48)72-60(49)37-42)68-65(67-63)43-34-52-61-45-19-7-6-14-38(45)28-31-58(61)71-62(52)57(36-43)70-54-24-12-9-21-47(54)51-32-39-15-4-5-16-40(39)35-56(51)70/h1-37,63H,(H,66,67,68). The Labute approximate surface area is 415 Å². The van der Waals surface area contributed by atoms with E-state index in [-0.39, 0.29) is 0 Å². The van der Waals surface area contributed by atoms with Crippen molar-refractivity contribution >= 4 is 130 Å². The van der Waals surface area contributed by atoms with Crippen LogP contribution >= 0.6 is 11.3 Å². The van der Waals surface area contributed by atoms with E-state index in [1.165, 1.54) is 52.5 Å². The monoisotopic (exact) mass is 937 g/mol. The largest absolute Gasteiger partial charge is 0.454 e. The van der Waals surface area contributed by atoms with Gasteiger partial charge in [0.15, 0.2) is 11.4 Å². The van der Waals surface area contributed by atoms with Crippen LogP contribution in [0.25, 0.3) is 119 Å². The van der Waals surface area contributed by atoms with E-state index in [4.69, 9.17) is 14.4 Å². The second kappa shape index (κ2) is 15.1. The van der Waals surface area contributed by atoms with Gasteiger partial charge in [-0.3, -0.25) is 0 Å². The van der Waals surface area contributed by atoms with Crippen LogP contribution in [0, 0.1) is 0 Å². The molecule has 0 fully saturated rings. The smallest absolute Gasteiger partial charge is 0.159 e. The van der Waals surface area contributed by atoms with Crippen LogP contribution < -0.4 is 5.32 Å². The third-order valence-electron chi connectivity index (χ3n) is 14.9. The molecule has 0 amide bonds. The molecule has 1 N–H and O–H groups in total. The van der Waals surface area contributed by atoms with Gasteiger partial charge in [-0.15, -0.1) is 11.3 Å². The summed E-state index contributed by atoms with van der Waals surface area (Å²) in [4.78, 5) is 11.2. The van der Waals surface area contributed by atoms with Crippen molar-refractivity contribution in [3.63, 3.8) is 0 Å². The molecule has 1 aliphatic heterocycles. The lowest BCUT2D eigenvalue weighted by Gasteiger charge is -2.24. The average molecular weight is 938 g/mol. The fraction of sp³-hybridized carbons (Fsp3) is 0.0154. The summed E-state index contributed by atoms with van der Waals surface area (Å²) in [5, 5.41) is 17.9. The summed E-state index contributed by atoms with van der Waals surface area (Å²) in [7, 11) is 0. The van der Waals surface area contributed by atoms with Crippen LogP contribution in [0.4, 0.5) is 0 Å². The van der Waals surface area contributed by atoms with E-state index < -0.39 is 6.17 Å². The number of benzene rings is 11. The van der Waals surface area contributed by atoms with Crippen molar-refractivity contribution in [3.8, 4) is 11.4 Å². The minimum Gasteiger partial charge on any atom is -0.454 e. The molecule has 336 valence electrons. The zero-order chi connectivity index (χ0) is 47.0. The topological polar surface area (TPSA) is 59.8 Å². The van der Waals surface area contributed by atoms with Gasteiger partial charge >= 0.3 is 0 Å². The number of amidine groups is 2. The first-order valence-electron chi connectivity index (χ1n) is 24.4. The Morgan fingerprint density at radius 3 is 1.93 bits per heavy atom. The highest BCUT2D eigenvalue weighted by Gasteiger charge is 2.27. The van der Waals surface area contributed by atoms with Crippen molar-refractivity contribution in [2.24, 2.45) is 9.98 Å². The lowest BCUT2D eigenvalue weighted by Crippen LogP contribution is -2.33. The van der Waals surface area contributed by atoms with Gasteiger partial charge < -0.3 is 18.9 Å². The molecule has 0 saturated carbocycles. The molecule has 6 nitrogen and oxygen atoms in total. The number of hydrogen-bond acceptors (Lipinski definition) is 5. The summed E-state index contributed by atoms with van der Waals surface area (Å²) >= 11 is 1.82. The number of para-hydroxylation sites is 3. The first-order chi connectivity index (χ1) is 35.7. The molecule has 11 aromatic carbocycles. The molecule has 1 unspecified atom stereocenters. The zero-order valence-electron chi connectivity index (χ0n) is 38.5. The zero-order valence-corrected chi connectivity index (χ0v) is 39.4. The first kappa shape index (κ1) is 39.5. The minimum absolute atomic E-state index is 0.463. The molecule has 7 heteroatoms. The SMILES string of the molecule is c1ccc(-n2c3ccccc3c3cc(C4N=C(c5cc(-n6c7ccccc7c7cc8ccccc8cc76)c6oc7ccc8ccccc8c7c6c5)N=C(c5ccc6c(c5)sc5ccccc56)N4)ccc32)cc1. The van der Waals surface area contributed by atoms with Crippen molar-refractivity contribution < 1.29 is 4.42 Å². The molecule has 0 saturated heterocycles. The van der Waals surface area contributed by atoms with Crippen LogP contribution in [-0.2, 0) is 0 Å². The molecule has 5 heterocycles. The molecule has 0 radical (unpaired) electrons. The fourth-order valence-electron chi connectivity index (χ4n) is 11.6. The molecule has 0 spiro atoms. The number of aromatic nitrogens is 2.